The van der Waals surface area contributed by atoms with E-state index in [1.807, 2.05) is 7.11 Å². The van der Waals surface area contributed by atoms with Gasteiger partial charge in [0.1, 0.15) is 0 Å². The van der Waals surface area contributed by atoms with E-state index in [2.05, 4.69) is 56.3 Å². The van der Waals surface area contributed by atoms with Crippen LogP contribution in [0.25, 0.3) is 10.8 Å². The molecule has 0 radical (unpaired) electrons. The first-order valence-electron chi connectivity index (χ1n) is 8.46. The van der Waals surface area contributed by atoms with Gasteiger partial charge < -0.3 is 0 Å². The van der Waals surface area contributed by atoms with E-state index in [-0.39, 0.29) is 0 Å². The predicted octanol–water partition coefficient (Wildman–Crippen LogP) is 5.91. The van der Waals surface area contributed by atoms with Crippen LogP contribution in [0.2, 0.25) is 8.87 Å². The second kappa shape index (κ2) is 8.78. The van der Waals surface area contributed by atoms with Crippen molar-refractivity contribution in [2.24, 2.45) is 0 Å². The summed E-state index contributed by atoms with van der Waals surface area (Å²) in [6, 6.07) is 14.8. The van der Waals surface area contributed by atoms with E-state index in [9.17, 15) is 0 Å². The molecule has 3 heteroatoms. The summed E-state index contributed by atoms with van der Waals surface area (Å²) in [6.07, 6.45) is 4.82. The topological polar surface area (TPSA) is 18.5 Å². The van der Waals surface area contributed by atoms with Gasteiger partial charge in [-0.25, -0.2) is 0 Å². The van der Waals surface area contributed by atoms with Gasteiger partial charge in [-0.1, -0.05) is 0 Å². The van der Waals surface area contributed by atoms with Crippen LogP contribution in [-0.4, -0.2) is 26.3 Å². The van der Waals surface area contributed by atoms with Gasteiger partial charge in [-0.15, -0.1) is 0 Å². The third-order valence-corrected chi connectivity index (χ3v) is 14.4. The fraction of sp³-hybridized carbons (Fsp3) is 0.474. The Morgan fingerprint density at radius 1 is 0.864 bits per heavy atom. The van der Waals surface area contributed by atoms with Crippen molar-refractivity contribution in [1.82, 2.24) is 0 Å². The summed E-state index contributed by atoms with van der Waals surface area (Å²) in [5.74, 6) is 1.02. The third kappa shape index (κ3) is 4.39. The van der Waals surface area contributed by atoms with Gasteiger partial charge in [0.2, 0.25) is 0 Å². The van der Waals surface area contributed by atoms with Crippen LogP contribution in [0.4, 0.5) is 0 Å². The summed E-state index contributed by atoms with van der Waals surface area (Å²) < 4.78 is 15.0. The molecule has 0 spiro atoms. The van der Waals surface area contributed by atoms with E-state index in [4.69, 9.17) is 6.15 Å². The molecule has 120 valence electrons. The van der Waals surface area contributed by atoms with Gasteiger partial charge in [0.05, 0.1) is 0 Å². The maximum absolute atomic E-state index is 6.66. The van der Waals surface area contributed by atoms with Crippen molar-refractivity contribution >= 4 is 30.0 Å². The number of unbranched alkanes of at least 4 members (excludes halogenated alkanes) is 2. The maximum atomic E-state index is 6.66. The van der Waals surface area contributed by atoms with Crippen molar-refractivity contribution in [3.63, 3.8) is 0 Å². The molecule has 0 N–H and O–H groups in total. The standard InChI is InChI=1S/C10H8O.2C4H9.CH3O.Sn/c11-10-7-3-5-8-4-1-2-6-9(8)10;2*1-3-4-2;1-2;/h1-7,11H;2*1,3-4H2,2H3;1H3;/q;;;-1;+2/p-1. The van der Waals surface area contributed by atoms with Crippen LogP contribution >= 0.6 is 0 Å². The molecule has 0 aromatic heterocycles. The molecular formula is C19H28O2Sn. The van der Waals surface area contributed by atoms with E-state index >= 15 is 0 Å². The zero-order valence-electron chi connectivity index (χ0n) is 14.1. The summed E-state index contributed by atoms with van der Waals surface area (Å²) in [6.45, 7) is 4.48. The predicted molar refractivity (Wildman–Crippen MR) is 96.8 cm³/mol. The second-order valence-corrected chi connectivity index (χ2v) is 15.7. The van der Waals surface area contributed by atoms with Crippen molar-refractivity contribution in [1.29, 1.82) is 0 Å². The Labute approximate surface area is 139 Å². The van der Waals surface area contributed by atoms with Crippen molar-refractivity contribution in [2.75, 3.05) is 7.11 Å². The molecule has 0 saturated heterocycles. The number of hydrogen-bond donors (Lipinski definition) is 0. The van der Waals surface area contributed by atoms with Crippen molar-refractivity contribution in [3.8, 4) is 5.75 Å². The zero-order valence-corrected chi connectivity index (χ0v) is 17.0. The minimum absolute atomic E-state index is 1.02. The number of benzene rings is 2. The van der Waals surface area contributed by atoms with Crippen molar-refractivity contribution < 1.29 is 6.15 Å². The molecule has 2 aromatic rings. The zero-order chi connectivity index (χ0) is 15.8. The van der Waals surface area contributed by atoms with Gasteiger partial charge in [0, 0.05) is 0 Å². The molecular weight excluding hydrogens is 379 g/mol. The molecule has 0 atom stereocenters. The van der Waals surface area contributed by atoms with Gasteiger partial charge in [-0.3, -0.25) is 0 Å². The van der Waals surface area contributed by atoms with E-state index in [0.717, 1.165) is 14.6 Å². The Kier molecular flexibility index (Phi) is 7.03. The van der Waals surface area contributed by atoms with Gasteiger partial charge in [0.25, 0.3) is 0 Å². The first-order valence-corrected chi connectivity index (χ1v) is 14.8. The number of rotatable bonds is 9. The SMILES string of the molecule is CCC[CH2][Sn]([CH2]CCC)([O]C)[O]c1cccc2ccccc12. The molecule has 2 aromatic carbocycles. The summed E-state index contributed by atoms with van der Waals surface area (Å²) in [4.78, 5) is 0. The molecule has 0 heterocycles. The molecule has 0 bridgehead atoms. The van der Waals surface area contributed by atoms with Crippen LogP contribution in [0.15, 0.2) is 42.5 Å². The van der Waals surface area contributed by atoms with Gasteiger partial charge in [-0.05, 0) is 0 Å². The molecule has 0 aliphatic heterocycles. The van der Waals surface area contributed by atoms with E-state index < -0.39 is 19.2 Å². The molecule has 0 aliphatic rings. The Hall–Kier alpha value is -0.741. The normalized spacial score (nSPS) is 11.8. The van der Waals surface area contributed by atoms with E-state index in [1.165, 1.54) is 36.5 Å². The molecule has 0 aliphatic carbocycles. The Bertz CT molecular complexity index is 569. The van der Waals surface area contributed by atoms with Gasteiger partial charge in [0.15, 0.2) is 0 Å². The number of hydrogen-bond acceptors (Lipinski definition) is 2. The van der Waals surface area contributed by atoms with Crippen molar-refractivity contribution in [2.45, 2.75) is 48.4 Å². The molecule has 0 fully saturated rings. The van der Waals surface area contributed by atoms with Gasteiger partial charge >= 0.3 is 140 Å². The van der Waals surface area contributed by atoms with E-state index in [0.29, 0.717) is 0 Å². The summed E-state index contributed by atoms with van der Waals surface area (Å²) in [5.41, 5.74) is 0. The van der Waals surface area contributed by atoms with E-state index in [1.54, 1.807) is 0 Å². The second-order valence-electron chi connectivity index (χ2n) is 5.90. The molecule has 0 unspecified atom stereocenters. The Morgan fingerprint density at radius 2 is 1.50 bits per heavy atom. The van der Waals surface area contributed by atoms with Crippen LogP contribution in [0, 0.1) is 0 Å². The monoisotopic (exact) mass is 408 g/mol. The van der Waals surface area contributed by atoms with Crippen LogP contribution in [0.3, 0.4) is 0 Å². The van der Waals surface area contributed by atoms with Crippen LogP contribution in [0.1, 0.15) is 39.5 Å². The minimum atomic E-state index is -3.02. The summed E-state index contributed by atoms with van der Waals surface area (Å²) in [7, 11) is 1.87. The molecule has 22 heavy (non-hydrogen) atoms. The average molecular weight is 407 g/mol. The molecule has 2 rings (SSSR count). The Morgan fingerprint density at radius 3 is 2.14 bits per heavy atom. The fourth-order valence-electron chi connectivity index (χ4n) is 2.85. The van der Waals surface area contributed by atoms with Crippen LogP contribution < -0.4 is 3.07 Å². The first-order chi connectivity index (χ1) is 10.7. The van der Waals surface area contributed by atoms with Gasteiger partial charge in [-0.2, -0.15) is 0 Å². The number of fused-ring (bicyclic) bond motifs is 1. The molecule has 2 nitrogen and oxygen atoms in total. The quantitative estimate of drug-likeness (QED) is 0.482. The van der Waals surface area contributed by atoms with Crippen LogP contribution in [0.5, 0.6) is 5.75 Å². The third-order valence-electron chi connectivity index (χ3n) is 4.24. The molecule has 0 amide bonds. The molecule has 0 saturated carbocycles. The fourth-order valence-corrected chi connectivity index (χ4v) is 12.3. The average Bonchev–Trinajstić information content (AvgIpc) is 2.58. The Balaban J connectivity index is 2.31. The summed E-state index contributed by atoms with van der Waals surface area (Å²) in [5, 5.41) is 2.44. The van der Waals surface area contributed by atoms with Crippen LogP contribution in [-0.2, 0) is 3.07 Å². The first kappa shape index (κ1) is 17.6. The summed E-state index contributed by atoms with van der Waals surface area (Å²) >= 11 is -3.02. The van der Waals surface area contributed by atoms with Crippen molar-refractivity contribution in [3.05, 3.63) is 42.5 Å².